The predicted molar refractivity (Wildman–Crippen MR) is 79.2 cm³/mol. The predicted octanol–water partition coefficient (Wildman–Crippen LogP) is 4.43. The van der Waals surface area contributed by atoms with Gasteiger partial charge in [-0.3, -0.25) is 4.99 Å². The molecule has 0 spiro atoms. The molecule has 0 aliphatic rings. The zero-order chi connectivity index (χ0) is 13.8. The SMILES string of the molecule is N#Cc1ccc(N=Cc2cc(Cl)cc(Br)c2O)cc1. The third kappa shape index (κ3) is 3.34. The first-order chi connectivity index (χ1) is 9.10. The number of aliphatic imine (C=N–C) groups is 1. The van der Waals surface area contributed by atoms with Crippen LogP contribution in [0.2, 0.25) is 5.02 Å². The van der Waals surface area contributed by atoms with E-state index in [2.05, 4.69) is 20.9 Å². The summed E-state index contributed by atoms with van der Waals surface area (Å²) in [5.74, 6) is 0.0850. The number of benzene rings is 2. The Kier molecular flexibility index (Phi) is 4.20. The monoisotopic (exact) mass is 334 g/mol. The van der Waals surface area contributed by atoms with E-state index in [9.17, 15) is 5.11 Å². The lowest BCUT2D eigenvalue weighted by atomic mass is 10.2. The Morgan fingerprint density at radius 3 is 2.58 bits per heavy atom. The molecule has 2 aromatic rings. The molecule has 0 fully saturated rings. The molecular formula is C14H8BrClN2O. The Hall–Kier alpha value is -1.83. The second-order valence-electron chi connectivity index (χ2n) is 3.74. The normalized spacial score (nSPS) is 10.6. The van der Waals surface area contributed by atoms with Gasteiger partial charge < -0.3 is 5.11 Å². The smallest absolute Gasteiger partial charge is 0.138 e. The molecule has 0 atom stereocenters. The number of phenolic OH excluding ortho intramolecular Hbond substituents is 1. The second kappa shape index (κ2) is 5.87. The molecule has 5 heteroatoms. The van der Waals surface area contributed by atoms with Crippen molar-refractivity contribution in [3.63, 3.8) is 0 Å². The summed E-state index contributed by atoms with van der Waals surface area (Å²) in [6.45, 7) is 0. The highest BCUT2D eigenvalue weighted by atomic mass is 79.9. The molecule has 0 radical (unpaired) electrons. The molecule has 0 aromatic heterocycles. The number of phenols is 1. The van der Waals surface area contributed by atoms with E-state index in [0.29, 0.717) is 26.3 Å². The van der Waals surface area contributed by atoms with Crippen LogP contribution >= 0.6 is 27.5 Å². The highest BCUT2D eigenvalue weighted by Gasteiger charge is 2.05. The molecule has 0 aliphatic carbocycles. The number of aromatic hydroxyl groups is 1. The molecule has 0 bridgehead atoms. The van der Waals surface area contributed by atoms with Gasteiger partial charge in [0.25, 0.3) is 0 Å². The molecule has 2 aromatic carbocycles. The molecule has 2 rings (SSSR count). The van der Waals surface area contributed by atoms with E-state index < -0.39 is 0 Å². The fraction of sp³-hybridized carbons (Fsp3) is 0. The number of nitriles is 1. The number of rotatable bonds is 2. The molecule has 0 aliphatic heterocycles. The van der Waals surface area contributed by atoms with E-state index in [-0.39, 0.29) is 5.75 Å². The summed E-state index contributed by atoms with van der Waals surface area (Å²) in [5.41, 5.74) is 1.78. The number of nitrogens with zero attached hydrogens (tertiary/aromatic N) is 2. The van der Waals surface area contributed by atoms with E-state index in [0.717, 1.165) is 0 Å². The first kappa shape index (κ1) is 13.6. The Morgan fingerprint density at radius 2 is 1.95 bits per heavy atom. The van der Waals surface area contributed by atoms with Gasteiger partial charge >= 0.3 is 0 Å². The average molecular weight is 336 g/mol. The lowest BCUT2D eigenvalue weighted by Crippen LogP contribution is -1.84. The lowest BCUT2D eigenvalue weighted by molar-refractivity contribution is 0.471. The van der Waals surface area contributed by atoms with E-state index in [1.54, 1.807) is 36.4 Å². The summed E-state index contributed by atoms with van der Waals surface area (Å²) in [4.78, 5) is 4.22. The summed E-state index contributed by atoms with van der Waals surface area (Å²) in [6.07, 6.45) is 1.52. The minimum atomic E-state index is 0.0850. The summed E-state index contributed by atoms with van der Waals surface area (Å²) >= 11 is 9.11. The highest BCUT2D eigenvalue weighted by molar-refractivity contribution is 9.10. The van der Waals surface area contributed by atoms with Crippen molar-refractivity contribution in [2.45, 2.75) is 0 Å². The van der Waals surface area contributed by atoms with Crippen LogP contribution in [0.15, 0.2) is 45.9 Å². The van der Waals surface area contributed by atoms with Crippen LogP contribution in [0.3, 0.4) is 0 Å². The molecule has 0 unspecified atom stereocenters. The van der Waals surface area contributed by atoms with Gasteiger partial charge in [0.1, 0.15) is 5.75 Å². The van der Waals surface area contributed by atoms with Crippen LogP contribution in [-0.4, -0.2) is 11.3 Å². The van der Waals surface area contributed by atoms with E-state index in [1.165, 1.54) is 6.21 Å². The van der Waals surface area contributed by atoms with Crippen LogP contribution in [0.5, 0.6) is 5.75 Å². The van der Waals surface area contributed by atoms with Gasteiger partial charge in [0.05, 0.1) is 21.8 Å². The first-order valence-electron chi connectivity index (χ1n) is 5.32. The molecular weight excluding hydrogens is 328 g/mol. The molecule has 0 saturated heterocycles. The minimum Gasteiger partial charge on any atom is -0.506 e. The average Bonchev–Trinajstić information content (AvgIpc) is 2.41. The largest absolute Gasteiger partial charge is 0.506 e. The van der Waals surface area contributed by atoms with Crippen LogP contribution in [0, 0.1) is 11.3 Å². The van der Waals surface area contributed by atoms with Crippen LogP contribution in [0.1, 0.15) is 11.1 Å². The van der Waals surface area contributed by atoms with Crippen molar-refractivity contribution in [2.75, 3.05) is 0 Å². The molecule has 0 heterocycles. The third-order valence-electron chi connectivity index (χ3n) is 2.41. The van der Waals surface area contributed by atoms with Gasteiger partial charge in [0, 0.05) is 16.8 Å². The Balaban J connectivity index is 2.30. The topological polar surface area (TPSA) is 56.4 Å². The van der Waals surface area contributed by atoms with Crippen molar-refractivity contribution in [2.24, 2.45) is 4.99 Å². The van der Waals surface area contributed by atoms with Gasteiger partial charge in [-0.15, -0.1) is 0 Å². The van der Waals surface area contributed by atoms with Gasteiger partial charge in [0.2, 0.25) is 0 Å². The standard InChI is InChI=1S/C14H8BrClN2O/c15-13-6-11(16)5-10(14(13)19)8-18-12-3-1-9(7-17)2-4-12/h1-6,8,19H. The molecule has 1 N–H and O–H groups in total. The van der Waals surface area contributed by atoms with Crippen molar-refractivity contribution in [1.29, 1.82) is 5.26 Å². The van der Waals surface area contributed by atoms with Crippen LogP contribution in [0.4, 0.5) is 5.69 Å². The summed E-state index contributed by atoms with van der Waals surface area (Å²) in [6, 6.07) is 12.1. The van der Waals surface area contributed by atoms with Gasteiger partial charge in [-0.2, -0.15) is 5.26 Å². The van der Waals surface area contributed by atoms with Crippen molar-refractivity contribution < 1.29 is 5.11 Å². The van der Waals surface area contributed by atoms with Crippen molar-refractivity contribution >= 4 is 39.4 Å². The molecule has 0 saturated carbocycles. The fourth-order valence-electron chi connectivity index (χ4n) is 1.45. The molecule has 94 valence electrons. The maximum absolute atomic E-state index is 9.84. The van der Waals surface area contributed by atoms with Gasteiger partial charge in [0.15, 0.2) is 0 Å². The third-order valence-corrected chi connectivity index (χ3v) is 3.23. The zero-order valence-corrected chi connectivity index (χ0v) is 12.0. The number of hydrogen-bond donors (Lipinski definition) is 1. The minimum absolute atomic E-state index is 0.0850. The summed E-state index contributed by atoms with van der Waals surface area (Å²) in [5, 5.41) is 19.0. The van der Waals surface area contributed by atoms with Gasteiger partial charge in [-0.1, -0.05) is 11.6 Å². The highest BCUT2D eigenvalue weighted by Crippen LogP contribution is 2.30. The van der Waals surface area contributed by atoms with Crippen molar-refractivity contribution in [3.8, 4) is 11.8 Å². The summed E-state index contributed by atoms with van der Waals surface area (Å²) in [7, 11) is 0. The second-order valence-corrected chi connectivity index (χ2v) is 5.03. The molecule has 0 amide bonds. The Labute approximate surface area is 123 Å². The van der Waals surface area contributed by atoms with E-state index in [4.69, 9.17) is 16.9 Å². The zero-order valence-electron chi connectivity index (χ0n) is 9.64. The van der Waals surface area contributed by atoms with E-state index in [1.807, 2.05) is 6.07 Å². The maximum atomic E-state index is 9.84. The van der Waals surface area contributed by atoms with Crippen molar-refractivity contribution in [1.82, 2.24) is 0 Å². The Bertz CT molecular complexity index is 675. The maximum Gasteiger partial charge on any atom is 0.138 e. The quantitative estimate of drug-likeness (QED) is 0.825. The number of hydrogen-bond acceptors (Lipinski definition) is 3. The van der Waals surface area contributed by atoms with Crippen LogP contribution in [0.25, 0.3) is 0 Å². The van der Waals surface area contributed by atoms with E-state index >= 15 is 0 Å². The number of halogens is 2. The fourth-order valence-corrected chi connectivity index (χ4v) is 2.28. The van der Waals surface area contributed by atoms with Crippen LogP contribution in [-0.2, 0) is 0 Å². The Morgan fingerprint density at radius 1 is 1.26 bits per heavy atom. The van der Waals surface area contributed by atoms with Crippen molar-refractivity contribution in [3.05, 3.63) is 57.0 Å². The summed E-state index contributed by atoms with van der Waals surface area (Å²) < 4.78 is 0.515. The van der Waals surface area contributed by atoms with Gasteiger partial charge in [-0.05, 0) is 52.3 Å². The van der Waals surface area contributed by atoms with Gasteiger partial charge in [-0.25, -0.2) is 0 Å². The first-order valence-corrected chi connectivity index (χ1v) is 6.49. The molecule has 19 heavy (non-hydrogen) atoms. The molecule has 3 nitrogen and oxygen atoms in total. The lowest BCUT2D eigenvalue weighted by Gasteiger charge is -2.02. The van der Waals surface area contributed by atoms with Crippen LogP contribution < -0.4 is 0 Å².